The van der Waals surface area contributed by atoms with Crippen LogP contribution in [0.15, 0.2) is 48.5 Å². The summed E-state index contributed by atoms with van der Waals surface area (Å²) < 4.78 is 40.7. The van der Waals surface area contributed by atoms with Crippen molar-refractivity contribution in [1.29, 1.82) is 0 Å². The number of nitrogens with one attached hydrogen (secondary N) is 1. The Morgan fingerprint density at radius 1 is 1.00 bits per heavy atom. The van der Waals surface area contributed by atoms with Crippen molar-refractivity contribution in [2.24, 2.45) is 0 Å². The molecule has 2 aromatic carbocycles. The van der Waals surface area contributed by atoms with Crippen LogP contribution >= 0.6 is 0 Å². The number of alkyl halides is 3. The van der Waals surface area contributed by atoms with Gasteiger partial charge in [-0.25, -0.2) is 0 Å². The Balaban J connectivity index is 2.08. The molecular formula is C20H23F3N2. The number of aryl methyl sites for hydroxylation is 1. The van der Waals surface area contributed by atoms with E-state index in [1.807, 2.05) is 24.3 Å². The van der Waals surface area contributed by atoms with Gasteiger partial charge in [-0.1, -0.05) is 49.4 Å². The van der Waals surface area contributed by atoms with Crippen molar-refractivity contribution in [3.63, 3.8) is 0 Å². The summed E-state index contributed by atoms with van der Waals surface area (Å²) in [5.41, 5.74) is 1.89. The highest BCUT2D eigenvalue weighted by atomic mass is 19.4. The van der Waals surface area contributed by atoms with Gasteiger partial charge in [-0.3, -0.25) is 4.90 Å². The van der Waals surface area contributed by atoms with Gasteiger partial charge in [0.25, 0.3) is 0 Å². The maximum Gasteiger partial charge on any atom is 0.416 e. The molecule has 25 heavy (non-hydrogen) atoms. The summed E-state index contributed by atoms with van der Waals surface area (Å²) in [6.45, 7) is 5.11. The highest BCUT2D eigenvalue weighted by Gasteiger charge is 2.37. The lowest BCUT2D eigenvalue weighted by molar-refractivity contribution is -0.138. The molecule has 0 amide bonds. The summed E-state index contributed by atoms with van der Waals surface area (Å²) in [4.78, 5) is 2.14. The first-order valence-electron chi connectivity index (χ1n) is 8.70. The van der Waals surface area contributed by atoms with Crippen LogP contribution in [-0.2, 0) is 12.6 Å². The summed E-state index contributed by atoms with van der Waals surface area (Å²) in [7, 11) is 0. The van der Waals surface area contributed by atoms with Gasteiger partial charge in [0.15, 0.2) is 0 Å². The number of hydrogen-bond acceptors (Lipinski definition) is 2. The van der Waals surface area contributed by atoms with E-state index in [1.165, 1.54) is 17.7 Å². The van der Waals surface area contributed by atoms with E-state index in [1.54, 1.807) is 12.1 Å². The average molecular weight is 348 g/mol. The van der Waals surface area contributed by atoms with Crippen LogP contribution in [0.5, 0.6) is 0 Å². The molecule has 1 aliphatic heterocycles. The topological polar surface area (TPSA) is 15.3 Å². The maximum atomic E-state index is 13.6. The highest BCUT2D eigenvalue weighted by Crippen LogP contribution is 2.39. The van der Waals surface area contributed by atoms with E-state index in [2.05, 4.69) is 17.1 Å². The molecule has 0 aromatic heterocycles. The summed E-state index contributed by atoms with van der Waals surface area (Å²) in [6, 6.07) is 13.5. The standard InChI is InChI=1S/C20H23F3N2/c1-2-15-7-9-16(10-8-15)19(25-13-11-24-12-14-25)17-5-3-4-6-18(17)20(21,22)23/h3-10,19,24H,2,11-14H2,1H3. The van der Waals surface area contributed by atoms with Crippen molar-refractivity contribution in [3.05, 3.63) is 70.8 Å². The molecule has 1 fully saturated rings. The fourth-order valence-corrected chi connectivity index (χ4v) is 3.46. The normalized spacial score (nSPS) is 17.4. The molecule has 1 atom stereocenters. The minimum absolute atomic E-state index is 0.334. The predicted octanol–water partition coefficient (Wildman–Crippen LogP) is 4.26. The van der Waals surface area contributed by atoms with Gasteiger partial charge in [0, 0.05) is 26.2 Å². The number of piperazine rings is 1. The first-order valence-corrected chi connectivity index (χ1v) is 8.70. The van der Waals surface area contributed by atoms with Gasteiger partial charge < -0.3 is 5.32 Å². The highest BCUT2D eigenvalue weighted by molar-refractivity contribution is 5.40. The Morgan fingerprint density at radius 2 is 1.64 bits per heavy atom. The largest absolute Gasteiger partial charge is 0.416 e. The van der Waals surface area contributed by atoms with Gasteiger partial charge in [0.05, 0.1) is 11.6 Å². The van der Waals surface area contributed by atoms with Crippen LogP contribution in [-0.4, -0.2) is 31.1 Å². The van der Waals surface area contributed by atoms with Gasteiger partial charge in [0.2, 0.25) is 0 Å². The first-order chi connectivity index (χ1) is 12.0. The quantitative estimate of drug-likeness (QED) is 0.888. The fraction of sp³-hybridized carbons (Fsp3) is 0.400. The van der Waals surface area contributed by atoms with Crippen LogP contribution in [0.4, 0.5) is 13.2 Å². The third-order valence-corrected chi connectivity index (χ3v) is 4.78. The second-order valence-corrected chi connectivity index (χ2v) is 6.37. The number of halogens is 3. The van der Waals surface area contributed by atoms with Crippen molar-refractivity contribution in [2.45, 2.75) is 25.6 Å². The molecule has 1 heterocycles. The third kappa shape index (κ3) is 4.05. The second-order valence-electron chi connectivity index (χ2n) is 6.37. The molecule has 0 spiro atoms. The Kier molecular flexibility index (Phi) is 5.45. The van der Waals surface area contributed by atoms with E-state index in [0.29, 0.717) is 5.56 Å². The molecule has 1 N–H and O–H groups in total. The van der Waals surface area contributed by atoms with Gasteiger partial charge in [0.1, 0.15) is 0 Å². The second kappa shape index (κ2) is 7.58. The molecular weight excluding hydrogens is 325 g/mol. The minimum Gasteiger partial charge on any atom is -0.314 e. The van der Waals surface area contributed by atoms with E-state index in [9.17, 15) is 13.2 Å². The smallest absolute Gasteiger partial charge is 0.314 e. The van der Waals surface area contributed by atoms with E-state index in [-0.39, 0.29) is 6.04 Å². The van der Waals surface area contributed by atoms with Crippen LogP contribution in [0, 0.1) is 0 Å². The van der Waals surface area contributed by atoms with Crippen LogP contribution in [0.25, 0.3) is 0 Å². The van der Waals surface area contributed by atoms with Gasteiger partial charge in [-0.15, -0.1) is 0 Å². The summed E-state index contributed by atoms with van der Waals surface area (Å²) >= 11 is 0. The minimum atomic E-state index is -4.35. The van der Waals surface area contributed by atoms with Crippen molar-refractivity contribution < 1.29 is 13.2 Å². The molecule has 0 aliphatic carbocycles. The lowest BCUT2D eigenvalue weighted by atomic mass is 9.91. The zero-order valence-corrected chi connectivity index (χ0v) is 14.3. The lowest BCUT2D eigenvalue weighted by Gasteiger charge is -2.36. The first kappa shape index (κ1) is 18.0. The van der Waals surface area contributed by atoms with Crippen LogP contribution < -0.4 is 5.32 Å². The lowest BCUT2D eigenvalue weighted by Crippen LogP contribution is -2.45. The molecule has 1 saturated heterocycles. The molecule has 0 bridgehead atoms. The Hall–Kier alpha value is -1.85. The molecule has 5 heteroatoms. The summed E-state index contributed by atoms with van der Waals surface area (Å²) in [5, 5.41) is 3.27. The summed E-state index contributed by atoms with van der Waals surface area (Å²) in [6.07, 6.45) is -3.44. The number of benzene rings is 2. The van der Waals surface area contributed by atoms with Gasteiger partial charge >= 0.3 is 6.18 Å². The zero-order chi connectivity index (χ0) is 17.9. The average Bonchev–Trinajstić information content (AvgIpc) is 2.63. The Labute approximate surface area is 146 Å². The van der Waals surface area contributed by atoms with Gasteiger partial charge in [-0.2, -0.15) is 13.2 Å². The van der Waals surface area contributed by atoms with Crippen molar-refractivity contribution in [3.8, 4) is 0 Å². The third-order valence-electron chi connectivity index (χ3n) is 4.78. The number of hydrogen-bond donors (Lipinski definition) is 1. The van der Waals surface area contributed by atoms with Crippen LogP contribution in [0.1, 0.15) is 35.2 Å². The Morgan fingerprint density at radius 3 is 2.24 bits per heavy atom. The van der Waals surface area contributed by atoms with E-state index >= 15 is 0 Å². The molecule has 2 nitrogen and oxygen atoms in total. The van der Waals surface area contributed by atoms with Crippen LogP contribution in [0.3, 0.4) is 0 Å². The van der Waals surface area contributed by atoms with Crippen molar-refractivity contribution in [1.82, 2.24) is 10.2 Å². The van der Waals surface area contributed by atoms with Crippen LogP contribution in [0.2, 0.25) is 0 Å². The molecule has 1 unspecified atom stereocenters. The molecule has 3 rings (SSSR count). The molecule has 1 aliphatic rings. The van der Waals surface area contributed by atoms with Gasteiger partial charge in [-0.05, 0) is 29.2 Å². The Bertz CT molecular complexity index is 689. The van der Waals surface area contributed by atoms with E-state index < -0.39 is 11.7 Å². The van der Waals surface area contributed by atoms with E-state index in [0.717, 1.165) is 38.2 Å². The maximum absolute atomic E-state index is 13.6. The number of nitrogens with zero attached hydrogens (tertiary/aromatic N) is 1. The zero-order valence-electron chi connectivity index (χ0n) is 14.3. The summed E-state index contributed by atoms with van der Waals surface area (Å²) in [5.74, 6) is 0. The van der Waals surface area contributed by atoms with Crippen molar-refractivity contribution >= 4 is 0 Å². The molecule has 0 radical (unpaired) electrons. The molecule has 134 valence electrons. The SMILES string of the molecule is CCc1ccc(C(c2ccccc2C(F)(F)F)N2CCNCC2)cc1. The van der Waals surface area contributed by atoms with E-state index in [4.69, 9.17) is 0 Å². The predicted molar refractivity (Wildman–Crippen MR) is 93.5 cm³/mol. The molecule has 0 saturated carbocycles. The number of rotatable bonds is 4. The monoisotopic (exact) mass is 348 g/mol. The molecule has 2 aromatic rings. The van der Waals surface area contributed by atoms with Crippen molar-refractivity contribution in [2.75, 3.05) is 26.2 Å². The fourth-order valence-electron chi connectivity index (χ4n) is 3.46.